The summed E-state index contributed by atoms with van der Waals surface area (Å²) in [4.78, 5) is 24.0. The smallest absolute Gasteiger partial charge is 0.331 e. The van der Waals surface area contributed by atoms with Gasteiger partial charge >= 0.3 is 5.69 Å². The van der Waals surface area contributed by atoms with Crippen molar-refractivity contribution in [2.75, 3.05) is 5.73 Å². The van der Waals surface area contributed by atoms with Crippen molar-refractivity contribution < 1.29 is 4.39 Å². The molecule has 0 saturated carbocycles. The van der Waals surface area contributed by atoms with Crippen molar-refractivity contribution in [3.8, 4) is 0 Å². The van der Waals surface area contributed by atoms with Gasteiger partial charge in [0, 0.05) is 24.5 Å². The molecule has 2 rings (SSSR count). The lowest BCUT2D eigenvalue weighted by atomic mass is 10.2. The lowest BCUT2D eigenvalue weighted by Crippen LogP contribution is -2.39. The van der Waals surface area contributed by atoms with E-state index in [2.05, 4.69) is 0 Å². The highest BCUT2D eigenvalue weighted by Crippen LogP contribution is 2.10. The Labute approximate surface area is 115 Å². The number of nitrogens with two attached hydrogens (primary N) is 1. The summed E-state index contributed by atoms with van der Waals surface area (Å²) in [5.41, 5.74) is 5.49. The van der Waals surface area contributed by atoms with Crippen molar-refractivity contribution in [1.82, 2.24) is 9.13 Å². The van der Waals surface area contributed by atoms with Crippen molar-refractivity contribution in [2.45, 2.75) is 26.4 Å². The highest BCUT2D eigenvalue weighted by molar-refractivity contribution is 5.41. The Morgan fingerprint density at radius 3 is 2.65 bits per heavy atom. The standard InChI is InChI=1S/C14H16FN3O2/c1-2-4-17-5-3-13(19)18(14(17)20)9-10-6-11(15)8-12(16)7-10/h3,5-8H,2,4,9,16H2,1H3. The minimum absolute atomic E-state index is 0.00415. The van der Waals surface area contributed by atoms with Crippen LogP contribution in [0.3, 0.4) is 0 Å². The Morgan fingerprint density at radius 1 is 1.25 bits per heavy atom. The molecule has 0 saturated heterocycles. The fraction of sp³-hybridized carbons (Fsp3) is 0.286. The van der Waals surface area contributed by atoms with E-state index in [9.17, 15) is 14.0 Å². The molecule has 0 radical (unpaired) electrons. The third-order valence-electron chi connectivity index (χ3n) is 2.92. The molecule has 0 aliphatic heterocycles. The lowest BCUT2D eigenvalue weighted by Gasteiger charge is -2.09. The van der Waals surface area contributed by atoms with Crippen molar-refractivity contribution in [2.24, 2.45) is 0 Å². The molecule has 1 aromatic carbocycles. The maximum atomic E-state index is 13.3. The van der Waals surface area contributed by atoms with Crippen LogP contribution >= 0.6 is 0 Å². The molecule has 0 amide bonds. The number of aromatic nitrogens is 2. The largest absolute Gasteiger partial charge is 0.399 e. The normalized spacial score (nSPS) is 10.7. The topological polar surface area (TPSA) is 70.0 Å². The number of halogens is 1. The van der Waals surface area contributed by atoms with Gasteiger partial charge in [-0.15, -0.1) is 0 Å². The molecule has 6 heteroatoms. The fourth-order valence-electron chi connectivity index (χ4n) is 2.06. The molecule has 2 N–H and O–H groups in total. The Morgan fingerprint density at radius 2 is 2.00 bits per heavy atom. The molecule has 106 valence electrons. The quantitative estimate of drug-likeness (QED) is 0.853. The highest BCUT2D eigenvalue weighted by atomic mass is 19.1. The van der Waals surface area contributed by atoms with Gasteiger partial charge in [0.05, 0.1) is 6.54 Å². The average molecular weight is 277 g/mol. The van der Waals surface area contributed by atoms with Crippen LogP contribution in [0.4, 0.5) is 10.1 Å². The van der Waals surface area contributed by atoms with Gasteiger partial charge in [-0.2, -0.15) is 0 Å². The van der Waals surface area contributed by atoms with Crippen molar-refractivity contribution in [1.29, 1.82) is 0 Å². The van der Waals surface area contributed by atoms with Crippen LogP contribution in [0, 0.1) is 5.82 Å². The fourth-order valence-corrected chi connectivity index (χ4v) is 2.06. The van der Waals surface area contributed by atoms with Crippen molar-refractivity contribution in [3.05, 3.63) is 62.7 Å². The molecule has 0 aliphatic carbocycles. The predicted molar refractivity (Wildman–Crippen MR) is 75.2 cm³/mol. The van der Waals surface area contributed by atoms with Gasteiger partial charge in [-0.3, -0.25) is 9.36 Å². The second-order valence-electron chi connectivity index (χ2n) is 4.61. The molecule has 20 heavy (non-hydrogen) atoms. The third-order valence-corrected chi connectivity index (χ3v) is 2.92. The maximum absolute atomic E-state index is 13.3. The van der Waals surface area contributed by atoms with E-state index in [4.69, 9.17) is 5.73 Å². The van der Waals surface area contributed by atoms with E-state index in [1.165, 1.54) is 29.0 Å². The molecule has 1 aromatic heterocycles. The van der Waals surface area contributed by atoms with Crippen LogP contribution in [0.1, 0.15) is 18.9 Å². The number of anilines is 1. The van der Waals surface area contributed by atoms with E-state index in [-0.39, 0.29) is 12.2 Å². The Balaban J connectivity index is 2.45. The van der Waals surface area contributed by atoms with Gasteiger partial charge in [-0.1, -0.05) is 6.92 Å². The van der Waals surface area contributed by atoms with Crippen LogP contribution in [0.15, 0.2) is 40.1 Å². The molecule has 0 unspecified atom stereocenters. The third kappa shape index (κ3) is 2.96. The second kappa shape index (κ2) is 5.73. The van der Waals surface area contributed by atoms with E-state index in [1.54, 1.807) is 6.07 Å². The van der Waals surface area contributed by atoms with Gasteiger partial charge in [0.15, 0.2) is 0 Å². The first-order valence-electron chi connectivity index (χ1n) is 6.36. The molecule has 0 aliphatic rings. The average Bonchev–Trinajstić information content (AvgIpc) is 2.37. The Hall–Kier alpha value is -2.37. The first-order valence-corrected chi connectivity index (χ1v) is 6.36. The van der Waals surface area contributed by atoms with Gasteiger partial charge in [-0.05, 0) is 30.2 Å². The number of nitrogen functional groups attached to an aromatic ring is 1. The van der Waals surface area contributed by atoms with Crippen LogP contribution in [0.25, 0.3) is 0 Å². The number of benzene rings is 1. The molecule has 0 atom stereocenters. The summed E-state index contributed by atoms with van der Waals surface area (Å²) in [5, 5.41) is 0. The zero-order valence-electron chi connectivity index (χ0n) is 11.2. The zero-order chi connectivity index (χ0) is 14.7. The Bertz CT molecular complexity index is 714. The summed E-state index contributed by atoms with van der Waals surface area (Å²) >= 11 is 0. The van der Waals surface area contributed by atoms with Crippen LogP contribution in [-0.4, -0.2) is 9.13 Å². The van der Waals surface area contributed by atoms with E-state index in [0.717, 1.165) is 11.0 Å². The minimum Gasteiger partial charge on any atom is -0.399 e. The monoisotopic (exact) mass is 277 g/mol. The molecule has 1 heterocycles. The van der Waals surface area contributed by atoms with Crippen molar-refractivity contribution in [3.63, 3.8) is 0 Å². The summed E-state index contributed by atoms with van der Waals surface area (Å²) in [5.74, 6) is -0.488. The van der Waals surface area contributed by atoms with Gasteiger partial charge < -0.3 is 10.3 Å². The number of aryl methyl sites for hydroxylation is 1. The predicted octanol–water partition coefficient (Wildman–Crippen LogP) is 1.19. The summed E-state index contributed by atoms with van der Waals surface area (Å²) in [6.07, 6.45) is 2.26. The number of nitrogens with zero attached hydrogens (tertiary/aromatic N) is 2. The lowest BCUT2D eigenvalue weighted by molar-refractivity contribution is 0.568. The van der Waals surface area contributed by atoms with Crippen LogP contribution in [0.2, 0.25) is 0 Å². The molecule has 2 aromatic rings. The van der Waals surface area contributed by atoms with Gasteiger partial charge in [0.1, 0.15) is 5.82 Å². The molecular weight excluding hydrogens is 261 g/mol. The molecule has 0 bridgehead atoms. The van der Waals surface area contributed by atoms with Crippen molar-refractivity contribution >= 4 is 5.69 Å². The molecule has 0 spiro atoms. The molecular formula is C14H16FN3O2. The summed E-state index contributed by atoms with van der Waals surface area (Å²) in [6, 6.07) is 5.33. The molecule has 0 fully saturated rings. The van der Waals surface area contributed by atoms with Crippen LogP contribution < -0.4 is 17.0 Å². The summed E-state index contributed by atoms with van der Waals surface area (Å²) in [7, 11) is 0. The van der Waals surface area contributed by atoms with E-state index in [1.807, 2.05) is 6.92 Å². The van der Waals surface area contributed by atoms with E-state index in [0.29, 0.717) is 12.1 Å². The minimum atomic E-state index is -0.488. The Kier molecular flexibility index (Phi) is 4.02. The van der Waals surface area contributed by atoms with Crippen LogP contribution in [-0.2, 0) is 13.1 Å². The first-order chi connectivity index (χ1) is 9.51. The van der Waals surface area contributed by atoms with E-state index < -0.39 is 17.1 Å². The SMILES string of the molecule is CCCn1ccc(=O)n(Cc2cc(N)cc(F)c2)c1=O. The second-order valence-corrected chi connectivity index (χ2v) is 4.61. The van der Waals surface area contributed by atoms with E-state index >= 15 is 0 Å². The van der Waals surface area contributed by atoms with Gasteiger partial charge in [0.25, 0.3) is 5.56 Å². The van der Waals surface area contributed by atoms with Gasteiger partial charge in [0.2, 0.25) is 0 Å². The molecule has 5 nitrogen and oxygen atoms in total. The first kappa shape index (κ1) is 14.0. The maximum Gasteiger partial charge on any atom is 0.331 e. The number of rotatable bonds is 4. The zero-order valence-corrected chi connectivity index (χ0v) is 11.2. The van der Waals surface area contributed by atoms with Gasteiger partial charge in [-0.25, -0.2) is 9.18 Å². The van der Waals surface area contributed by atoms with Crippen LogP contribution in [0.5, 0.6) is 0 Å². The number of hydrogen-bond donors (Lipinski definition) is 1. The number of hydrogen-bond acceptors (Lipinski definition) is 3. The highest BCUT2D eigenvalue weighted by Gasteiger charge is 2.07. The summed E-state index contributed by atoms with van der Waals surface area (Å²) < 4.78 is 15.8. The summed E-state index contributed by atoms with van der Waals surface area (Å²) in [6.45, 7) is 2.48.